The van der Waals surface area contributed by atoms with Crippen molar-refractivity contribution in [3.63, 3.8) is 0 Å². The third kappa shape index (κ3) is 6.65. The fourth-order valence-electron chi connectivity index (χ4n) is 1.86. The molecule has 0 aliphatic heterocycles. The number of ether oxygens (including phenoxy) is 1. The van der Waals surface area contributed by atoms with E-state index in [9.17, 15) is 5.11 Å². The van der Waals surface area contributed by atoms with E-state index in [0.717, 1.165) is 24.3 Å². The van der Waals surface area contributed by atoms with Gasteiger partial charge in [0.1, 0.15) is 5.75 Å². The maximum Gasteiger partial charge on any atom is 0.119 e. The maximum atomic E-state index is 9.29. The smallest absolute Gasteiger partial charge is 0.119 e. The minimum atomic E-state index is -0.288. The van der Waals surface area contributed by atoms with E-state index in [1.165, 1.54) is 6.42 Å². The minimum Gasteiger partial charge on any atom is -0.494 e. The quantitative estimate of drug-likeness (QED) is 0.778. The van der Waals surface area contributed by atoms with E-state index in [-0.39, 0.29) is 6.10 Å². The van der Waals surface area contributed by atoms with E-state index < -0.39 is 0 Å². The highest BCUT2D eigenvalue weighted by Gasteiger charge is 2.09. The van der Waals surface area contributed by atoms with Gasteiger partial charge in [-0.2, -0.15) is 0 Å². The normalized spacial score (nSPS) is 13.4. The molecule has 1 rings (SSSR count). The summed E-state index contributed by atoms with van der Waals surface area (Å²) in [5, 5.41) is 9.29. The fourth-order valence-corrected chi connectivity index (χ4v) is 1.86. The van der Waals surface area contributed by atoms with Gasteiger partial charge in [-0.15, -0.1) is 0 Å². The summed E-state index contributed by atoms with van der Waals surface area (Å²) in [5.41, 5.74) is 1.52. The first-order chi connectivity index (χ1) is 8.37. The predicted octanol–water partition coefficient (Wildman–Crippen LogP) is 3.82. The number of aliphatic hydroxyl groups excluding tert-OH is 1. The Morgan fingerprint density at radius 1 is 1.17 bits per heavy atom. The van der Waals surface area contributed by atoms with E-state index in [2.05, 4.69) is 20.8 Å². The zero-order valence-corrected chi connectivity index (χ0v) is 12.1. The second-order valence-corrected chi connectivity index (χ2v) is 6.21. The SMILES string of the molecule is CC(O)Cc1ccc(OCCCC(C)(C)C)cc1. The second kappa shape index (κ2) is 6.79. The average molecular weight is 250 g/mol. The van der Waals surface area contributed by atoms with Crippen molar-refractivity contribution < 1.29 is 9.84 Å². The Balaban J connectivity index is 2.31. The van der Waals surface area contributed by atoms with Gasteiger partial charge in [-0.25, -0.2) is 0 Å². The molecule has 0 bridgehead atoms. The Bertz CT molecular complexity index is 333. The van der Waals surface area contributed by atoms with Gasteiger partial charge in [0, 0.05) is 0 Å². The molecule has 2 nitrogen and oxygen atoms in total. The van der Waals surface area contributed by atoms with Gasteiger partial charge in [0.05, 0.1) is 12.7 Å². The van der Waals surface area contributed by atoms with E-state index >= 15 is 0 Å². The van der Waals surface area contributed by atoms with Crippen LogP contribution in [0.3, 0.4) is 0 Å². The van der Waals surface area contributed by atoms with Crippen molar-refractivity contribution in [1.82, 2.24) is 0 Å². The maximum absolute atomic E-state index is 9.29. The number of rotatable bonds is 6. The molecule has 102 valence electrons. The first kappa shape index (κ1) is 15.0. The van der Waals surface area contributed by atoms with Crippen LogP contribution in [-0.4, -0.2) is 17.8 Å². The summed E-state index contributed by atoms with van der Waals surface area (Å²) in [6.45, 7) is 9.32. The van der Waals surface area contributed by atoms with Gasteiger partial charge < -0.3 is 9.84 Å². The lowest BCUT2D eigenvalue weighted by molar-refractivity contribution is 0.195. The lowest BCUT2D eigenvalue weighted by atomic mass is 9.91. The molecule has 18 heavy (non-hydrogen) atoms. The molecule has 2 heteroatoms. The van der Waals surface area contributed by atoms with E-state index in [1.54, 1.807) is 6.92 Å². The van der Waals surface area contributed by atoms with Crippen molar-refractivity contribution in [2.45, 2.75) is 53.1 Å². The number of hydrogen-bond donors (Lipinski definition) is 1. The number of benzene rings is 1. The van der Waals surface area contributed by atoms with Crippen LogP contribution in [0.4, 0.5) is 0 Å². The van der Waals surface area contributed by atoms with E-state index in [4.69, 9.17) is 4.74 Å². The van der Waals surface area contributed by atoms with Gasteiger partial charge >= 0.3 is 0 Å². The van der Waals surface area contributed by atoms with Crippen molar-refractivity contribution in [2.24, 2.45) is 5.41 Å². The Kier molecular flexibility index (Phi) is 5.67. The summed E-state index contributed by atoms with van der Waals surface area (Å²) in [4.78, 5) is 0. The zero-order chi connectivity index (χ0) is 13.6. The molecule has 0 fully saturated rings. The molecule has 0 amide bonds. The fraction of sp³-hybridized carbons (Fsp3) is 0.625. The van der Waals surface area contributed by atoms with Gasteiger partial charge in [-0.3, -0.25) is 0 Å². The van der Waals surface area contributed by atoms with Crippen LogP contribution in [0.1, 0.15) is 46.1 Å². The molecule has 0 saturated heterocycles. The van der Waals surface area contributed by atoms with Crippen molar-refractivity contribution in [3.8, 4) is 5.75 Å². The summed E-state index contributed by atoms with van der Waals surface area (Å²) in [6, 6.07) is 8.00. The molecule has 0 aliphatic rings. The molecule has 1 aromatic rings. The minimum absolute atomic E-state index is 0.288. The molecule has 0 radical (unpaired) electrons. The van der Waals surface area contributed by atoms with Crippen LogP contribution in [0, 0.1) is 5.41 Å². The van der Waals surface area contributed by atoms with Gasteiger partial charge in [0.2, 0.25) is 0 Å². The lowest BCUT2D eigenvalue weighted by Crippen LogP contribution is -2.08. The Morgan fingerprint density at radius 2 is 1.78 bits per heavy atom. The topological polar surface area (TPSA) is 29.5 Å². The van der Waals surface area contributed by atoms with Gasteiger partial charge in [0.25, 0.3) is 0 Å². The van der Waals surface area contributed by atoms with Crippen LogP contribution in [0.15, 0.2) is 24.3 Å². The highest BCUT2D eigenvalue weighted by Crippen LogP contribution is 2.21. The molecule has 0 aromatic heterocycles. The number of hydrogen-bond acceptors (Lipinski definition) is 2. The van der Waals surface area contributed by atoms with Crippen LogP contribution in [0.2, 0.25) is 0 Å². The molecule has 0 spiro atoms. The first-order valence-electron chi connectivity index (χ1n) is 6.77. The summed E-state index contributed by atoms with van der Waals surface area (Å²) in [5.74, 6) is 0.915. The molecule has 0 heterocycles. The lowest BCUT2D eigenvalue weighted by Gasteiger charge is -2.17. The summed E-state index contributed by atoms with van der Waals surface area (Å²) in [6.07, 6.45) is 2.67. The summed E-state index contributed by atoms with van der Waals surface area (Å²) in [7, 11) is 0. The van der Waals surface area contributed by atoms with E-state index in [1.807, 2.05) is 24.3 Å². The van der Waals surface area contributed by atoms with Crippen LogP contribution in [0.25, 0.3) is 0 Å². The second-order valence-electron chi connectivity index (χ2n) is 6.21. The van der Waals surface area contributed by atoms with Crippen LogP contribution < -0.4 is 4.74 Å². The molecular formula is C16H26O2. The number of aliphatic hydroxyl groups is 1. The third-order valence-electron chi connectivity index (χ3n) is 2.79. The first-order valence-corrected chi connectivity index (χ1v) is 6.77. The predicted molar refractivity (Wildman–Crippen MR) is 76.0 cm³/mol. The highest BCUT2D eigenvalue weighted by molar-refractivity contribution is 5.27. The summed E-state index contributed by atoms with van der Waals surface area (Å²) < 4.78 is 5.70. The highest BCUT2D eigenvalue weighted by atomic mass is 16.5. The third-order valence-corrected chi connectivity index (χ3v) is 2.79. The Morgan fingerprint density at radius 3 is 2.28 bits per heavy atom. The molecule has 1 atom stereocenters. The Hall–Kier alpha value is -1.02. The molecule has 1 aromatic carbocycles. The molecular weight excluding hydrogens is 224 g/mol. The average Bonchev–Trinajstić information content (AvgIpc) is 2.24. The monoisotopic (exact) mass is 250 g/mol. The van der Waals surface area contributed by atoms with Crippen molar-refractivity contribution >= 4 is 0 Å². The summed E-state index contributed by atoms with van der Waals surface area (Å²) >= 11 is 0. The van der Waals surface area contributed by atoms with Gasteiger partial charge in [-0.05, 0) is 49.3 Å². The van der Waals surface area contributed by atoms with Crippen molar-refractivity contribution in [3.05, 3.63) is 29.8 Å². The standard InChI is InChI=1S/C16H26O2/c1-13(17)12-14-6-8-15(9-7-14)18-11-5-10-16(2,3)4/h6-9,13,17H,5,10-12H2,1-4H3. The molecule has 0 aliphatic carbocycles. The van der Waals surface area contributed by atoms with Crippen LogP contribution in [0.5, 0.6) is 5.75 Å². The van der Waals surface area contributed by atoms with Crippen LogP contribution in [-0.2, 0) is 6.42 Å². The van der Waals surface area contributed by atoms with Crippen molar-refractivity contribution in [2.75, 3.05) is 6.61 Å². The van der Waals surface area contributed by atoms with E-state index in [0.29, 0.717) is 11.8 Å². The largest absolute Gasteiger partial charge is 0.494 e. The van der Waals surface area contributed by atoms with Gasteiger partial charge in [-0.1, -0.05) is 32.9 Å². The Labute approximate surface area is 111 Å². The van der Waals surface area contributed by atoms with Crippen molar-refractivity contribution in [1.29, 1.82) is 0 Å². The van der Waals surface area contributed by atoms with Gasteiger partial charge in [0.15, 0.2) is 0 Å². The zero-order valence-electron chi connectivity index (χ0n) is 12.1. The molecule has 1 N–H and O–H groups in total. The molecule has 1 unspecified atom stereocenters. The molecule has 0 saturated carbocycles. The van der Waals surface area contributed by atoms with Crippen LogP contribution >= 0.6 is 0 Å².